The summed E-state index contributed by atoms with van der Waals surface area (Å²) in [5.41, 5.74) is 0.916. The van der Waals surface area contributed by atoms with E-state index in [1.807, 2.05) is 37.9 Å². The van der Waals surface area contributed by atoms with E-state index in [9.17, 15) is 4.79 Å². The Labute approximate surface area is 169 Å². The summed E-state index contributed by atoms with van der Waals surface area (Å²) in [7, 11) is 2.18. The molecule has 0 saturated carbocycles. The van der Waals surface area contributed by atoms with Crippen LogP contribution in [0.1, 0.15) is 58.4 Å². The van der Waals surface area contributed by atoms with Crippen LogP contribution in [0.5, 0.6) is 0 Å². The summed E-state index contributed by atoms with van der Waals surface area (Å²) in [5, 5.41) is 3.59. The number of anilines is 1. The largest absolute Gasteiger partial charge is 0.444 e. The second-order valence-electron chi connectivity index (χ2n) is 9.24. The van der Waals surface area contributed by atoms with Gasteiger partial charge in [-0.15, -0.1) is 0 Å². The fourth-order valence-corrected chi connectivity index (χ4v) is 4.11. The van der Waals surface area contributed by atoms with Gasteiger partial charge < -0.3 is 19.9 Å². The Morgan fingerprint density at radius 2 is 2.18 bits per heavy atom. The molecule has 0 bridgehead atoms. The summed E-state index contributed by atoms with van der Waals surface area (Å²) in [6, 6.07) is 5.17. The Morgan fingerprint density at radius 1 is 1.36 bits per heavy atom. The minimum absolute atomic E-state index is 0.180. The average Bonchev–Trinajstić information content (AvgIpc) is 3.14. The molecule has 0 aromatic carbocycles. The maximum atomic E-state index is 12.2. The lowest BCUT2D eigenvalue weighted by Gasteiger charge is -2.28. The quantitative estimate of drug-likeness (QED) is 0.749. The van der Waals surface area contributed by atoms with E-state index in [4.69, 9.17) is 4.74 Å². The van der Waals surface area contributed by atoms with E-state index in [1.165, 1.54) is 31.2 Å². The Balaban J connectivity index is 1.33. The smallest absolute Gasteiger partial charge is 0.410 e. The molecule has 2 aliphatic rings. The molecule has 6 nitrogen and oxygen atoms in total. The van der Waals surface area contributed by atoms with Gasteiger partial charge in [0.15, 0.2) is 0 Å². The molecule has 1 aromatic rings. The monoisotopic (exact) mass is 388 g/mol. The number of hydrogen-bond acceptors (Lipinski definition) is 5. The molecule has 1 amide bonds. The lowest BCUT2D eigenvalue weighted by atomic mass is 9.97. The molecule has 1 N–H and O–H groups in total. The molecule has 0 spiro atoms. The summed E-state index contributed by atoms with van der Waals surface area (Å²) < 4.78 is 5.50. The third-order valence-electron chi connectivity index (χ3n) is 5.75. The van der Waals surface area contributed by atoms with Crippen molar-refractivity contribution < 1.29 is 9.53 Å². The number of carbonyl (C=O) groups is 1. The van der Waals surface area contributed by atoms with Crippen molar-refractivity contribution in [1.29, 1.82) is 0 Å². The summed E-state index contributed by atoms with van der Waals surface area (Å²) in [6.07, 6.45) is 8.64. The van der Waals surface area contributed by atoms with Crippen molar-refractivity contribution in [1.82, 2.24) is 14.8 Å². The number of unbranched alkanes of at least 4 members (excludes halogenated alkanes) is 1. The van der Waals surface area contributed by atoms with E-state index < -0.39 is 5.60 Å². The highest BCUT2D eigenvalue weighted by Crippen LogP contribution is 2.24. The zero-order valence-electron chi connectivity index (χ0n) is 17.9. The summed E-state index contributed by atoms with van der Waals surface area (Å²) in [4.78, 5) is 20.9. The van der Waals surface area contributed by atoms with Crippen LogP contribution in [-0.4, -0.2) is 65.2 Å². The number of aromatic nitrogens is 1. The van der Waals surface area contributed by atoms with Crippen molar-refractivity contribution in [3.05, 3.63) is 23.9 Å². The molecule has 0 aliphatic carbocycles. The molecular formula is C22H36N4O2. The lowest BCUT2D eigenvalue weighted by Crippen LogP contribution is -2.39. The van der Waals surface area contributed by atoms with Crippen LogP contribution in [0.4, 0.5) is 10.6 Å². The molecule has 1 aromatic heterocycles. The predicted octanol–water partition coefficient (Wildman–Crippen LogP) is 3.92. The molecule has 6 heteroatoms. The summed E-state index contributed by atoms with van der Waals surface area (Å²) >= 11 is 0. The molecule has 0 radical (unpaired) electrons. The fourth-order valence-electron chi connectivity index (χ4n) is 4.11. The van der Waals surface area contributed by atoms with Crippen LogP contribution < -0.4 is 5.32 Å². The number of likely N-dealkylation sites (N-methyl/N-ethyl adjacent to an activating group) is 1. The number of rotatable bonds is 6. The third-order valence-corrected chi connectivity index (χ3v) is 5.75. The highest BCUT2D eigenvalue weighted by molar-refractivity contribution is 5.68. The number of pyridine rings is 1. The van der Waals surface area contributed by atoms with E-state index in [0.717, 1.165) is 38.3 Å². The van der Waals surface area contributed by atoms with Gasteiger partial charge >= 0.3 is 6.09 Å². The van der Waals surface area contributed by atoms with Crippen LogP contribution in [0.2, 0.25) is 0 Å². The van der Waals surface area contributed by atoms with Crippen molar-refractivity contribution in [2.45, 2.75) is 77.0 Å². The van der Waals surface area contributed by atoms with Gasteiger partial charge in [-0.2, -0.15) is 0 Å². The van der Waals surface area contributed by atoms with Crippen LogP contribution >= 0.6 is 0 Å². The number of hydrogen-bond donors (Lipinski definition) is 1. The Hall–Kier alpha value is -1.82. The van der Waals surface area contributed by atoms with Gasteiger partial charge in [-0.25, -0.2) is 9.78 Å². The fraction of sp³-hybridized carbons (Fsp3) is 0.727. The van der Waals surface area contributed by atoms with Crippen molar-refractivity contribution in [2.24, 2.45) is 0 Å². The minimum atomic E-state index is -0.426. The number of likely N-dealkylation sites (tertiary alicyclic amines) is 1. The van der Waals surface area contributed by atoms with Crippen LogP contribution in [0.25, 0.3) is 0 Å². The van der Waals surface area contributed by atoms with Crippen molar-refractivity contribution >= 4 is 11.9 Å². The van der Waals surface area contributed by atoms with Crippen molar-refractivity contribution in [2.75, 3.05) is 32.0 Å². The topological polar surface area (TPSA) is 57.7 Å². The van der Waals surface area contributed by atoms with Crippen LogP contribution in [-0.2, 0) is 11.2 Å². The Morgan fingerprint density at radius 3 is 2.96 bits per heavy atom. The molecule has 2 aliphatic heterocycles. The van der Waals surface area contributed by atoms with Crippen LogP contribution in [0.3, 0.4) is 0 Å². The molecule has 156 valence electrons. The van der Waals surface area contributed by atoms with E-state index >= 15 is 0 Å². The number of aryl methyl sites for hydroxylation is 1. The molecule has 2 atom stereocenters. The van der Waals surface area contributed by atoms with Crippen LogP contribution in [0.15, 0.2) is 18.3 Å². The highest BCUT2D eigenvalue weighted by atomic mass is 16.6. The predicted molar refractivity (Wildman–Crippen MR) is 113 cm³/mol. The van der Waals surface area contributed by atoms with Gasteiger partial charge in [0.05, 0.1) is 0 Å². The number of carbonyl (C=O) groups excluding carboxylic acids is 1. The minimum Gasteiger partial charge on any atom is -0.444 e. The molecule has 0 unspecified atom stereocenters. The normalized spacial score (nSPS) is 22.1. The zero-order chi connectivity index (χ0) is 20.1. The molecule has 1 saturated heterocycles. The number of nitrogens with zero attached hydrogens (tertiary/aromatic N) is 3. The third kappa shape index (κ3) is 5.84. The molecule has 3 rings (SSSR count). The maximum Gasteiger partial charge on any atom is 0.410 e. The number of fused-ring (bicyclic) bond motifs is 1. The van der Waals surface area contributed by atoms with Crippen molar-refractivity contribution in [3.8, 4) is 0 Å². The first-order valence-electron chi connectivity index (χ1n) is 10.7. The first-order valence-corrected chi connectivity index (χ1v) is 10.7. The molecular weight excluding hydrogens is 352 g/mol. The van der Waals surface area contributed by atoms with Gasteiger partial charge in [-0.1, -0.05) is 12.5 Å². The van der Waals surface area contributed by atoms with E-state index in [-0.39, 0.29) is 6.09 Å². The Bertz CT molecular complexity index is 658. The van der Waals surface area contributed by atoms with Gasteiger partial charge in [0.25, 0.3) is 0 Å². The SMILES string of the molecule is CN(CCCC[C@H]1CCc2cccnc2N1)[C@@H]1CCN(C(=O)OC(C)(C)C)C1. The lowest BCUT2D eigenvalue weighted by molar-refractivity contribution is 0.0282. The van der Waals surface area contributed by atoms with Gasteiger partial charge in [-0.05, 0) is 78.1 Å². The number of nitrogens with one attached hydrogen (secondary N) is 1. The van der Waals surface area contributed by atoms with E-state index in [1.54, 1.807) is 0 Å². The van der Waals surface area contributed by atoms with E-state index in [2.05, 4.69) is 28.3 Å². The van der Waals surface area contributed by atoms with E-state index in [0.29, 0.717) is 12.1 Å². The standard InChI is InChI=1S/C22H36N4O2/c1-22(2,3)28-21(27)26-15-12-19(16-26)25(4)14-6-5-9-18-11-10-17-8-7-13-23-20(17)24-18/h7-8,13,18-19H,5-6,9-12,14-16H2,1-4H3,(H,23,24)/t18-,19+/m0/s1. The average molecular weight is 389 g/mol. The van der Waals surface area contributed by atoms with Crippen LogP contribution in [0, 0.1) is 0 Å². The molecule has 28 heavy (non-hydrogen) atoms. The Kier molecular flexibility index (Phi) is 6.81. The van der Waals surface area contributed by atoms with Gasteiger partial charge in [0.2, 0.25) is 0 Å². The summed E-state index contributed by atoms with van der Waals surface area (Å²) in [6.45, 7) is 8.40. The number of amides is 1. The highest BCUT2D eigenvalue weighted by Gasteiger charge is 2.31. The summed E-state index contributed by atoms with van der Waals surface area (Å²) in [5.74, 6) is 1.07. The van der Waals surface area contributed by atoms with Gasteiger partial charge in [0.1, 0.15) is 11.4 Å². The molecule has 3 heterocycles. The second kappa shape index (κ2) is 9.12. The number of ether oxygens (including phenoxy) is 1. The van der Waals surface area contributed by atoms with Gasteiger partial charge in [-0.3, -0.25) is 0 Å². The molecule has 1 fully saturated rings. The second-order valence-corrected chi connectivity index (χ2v) is 9.24. The first kappa shape index (κ1) is 20.9. The van der Waals surface area contributed by atoms with Crippen molar-refractivity contribution in [3.63, 3.8) is 0 Å². The first-order chi connectivity index (χ1) is 13.3. The zero-order valence-corrected chi connectivity index (χ0v) is 17.9. The maximum absolute atomic E-state index is 12.2. The van der Waals surface area contributed by atoms with Gasteiger partial charge in [0, 0.05) is 31.4 Å².